The summed E-state index contributed by atoms with van der Waals surface area (Å²) in [5.74, 6) is 0.831. The lowest BCUT2D eigenvalue weighted by atomic mass is 10.1. The second-order valence-corrected chi connectivity index (χ2v) is 4.23. The zero-order valence-corrected chi connectivity index (χ0v) is 10.1. The molecule has 3 heteroatoms. The molecule has 0 amide bonds. The smallest absolute Gasteiger partial charge is 0.161 e. The molecule has 0 saturated heterocycles. The van der Waals surface area contributed by atoms with Gasteiger partial charge in [0.2, 0.25) is 0 Å². The molecule has 0 unspecified atom stereocenters. The van der Waals surface area contributed by atoms with Crippen molar-refractivity contribution in [3.8, 4) is 23.0 Å². The van der Waals surface area contributed by atoms with Gasteiger partial charge >= 0.3 is 0 Å². The van der Waals surface area contributed by atoms with Crippen LogP contribution in [0.5, 0.6) is 23.0 Å². The molecule has 0 atom stereocenters. The fraction of sp³-hybridized carbons (Fsp3) is 0. The molecule has 3 aromatic rings. The molecule has 0 aromatic heterocycles. The summed E-state index contributed by atoms with van der Waals surface area (Å²) in [6.45, 7) is 0. The van der Waals surface area contributed by atoms with E-state index in [0.29, 0.717) is 11.5 Å². The number of hydrogen-bond acceptors (Lipinski definition) is 3. The summed E-state index contributed by atoms with van der Waals surface area (Å²) in [6, 6.07) is 18.1. The fourth-order valence-corrected chi connectivity index (χ4v) is 1.98. The van der Waals surface area contributed by atoms with Crippen LogP contribution in [0.2, 0.25) is 0 Å². The van der Waals surface area contributed by atoms with Crippen LogP contribution in [-0.4, -0.2) is 10.2 Å². The van der Waals surface area contributed by atoms with E-state index in [-0.39, 0.29) is 11.5 Å². The van der Waals surface area contributed by atoms with E-state index in [2.05, 4.69) is 0 Å². The predicted octanol–water partition coefficient (Wildman–Crippen LogP) is 4.04. The van der Waals surface area contributed by atoms with Gasteiger partial charge < -0.3 is 14.9 Å². The summed E-state index contributed by atoms with van der Waals surface area (Å²) in [5, 5.41) is 20.8. The summed E-state index contributed by atoms with van der Waals surface area (Å²) in [7, 11) is 0. The van der Waals surface area contributed by atoms with Gasteiger partial charge in [-0.05, 0) is 23.6 Å². The number of aromatic hydroxyl groups is 2. The number of phenolic OH excluding ortho intramolecular Hbond substituents is 2. The first-order chi connectivity index (χ1) is 9.24. The van der Waals surface area contributed by atoms with Crippen molar-refractivity contribution in [2.75, 3.05) is 0 Å². The summed E-state index contributed by atoms with van der Waals surface area (Å²) in [5.41, 5.74) is 0. The van der Waals surface area contributed by atoms with Crippen molar-refractivity contribution in [3.63, 3.8) is 0 Å². The number of hydrogen-bond donors (Lipinski definition) is 2. The molecule has 0 aliphatic rings. The van der Waals surface area contributed by atoms with Gasteiger partial charge in [-0.1, -0.05) is 36.4 Å². The van der Waals surface area contributed by atoms with Gasteiger partial charge in [-0.15, -0.1) is 0 Å². The quantitative estimate of drug-likeness (QED) is 0.676. The maximum atomic E-state index is 9.46. The monoisotopic (exact) mass is 252 g/mol. The zero-order chi connectivity index (χ0) is 13.2. The minimum atomic E-state index is -0.197. The van der Waals surface area contributed by atoms with Crippen LogP contribution in [0, 0.1) is 0 Å². The van der Waals surface area contributed by atoms with Gasteiger partial charge in [-0.25, -0.2) is 0 Å². The van der Waals surface area contributed by atoms with Gasteiger partial charge in [0.25, 0.3) is 0 Å². The van der Waals surface area contributed by atoms with Gasteiger partial charge in [0, 0.05) is 11.5 Å². The van der Waals surface area contributed by atoms with Crippen LogP contribution in [0.25, 0.3) is 10.8 Å². The van der Waals surface area contributed by atoms with Crippen LogP contribution in [0.1, 0.15) is 0 Å². The summed E-state index contributed by atoms with van der Waals surface area (Å²) >= 11 is 0. The molecule has 0 radical (unpaired) electrons. The van der Waals surface area contributed by atoms with E-state index in [1.54, 1.807) is 6.07 Å². The van der Waals surface area contributed by atoms with Crippen molar-refractivity contribution in [3.05, 3.63) is 60.7 Å². The lowest BCUT2D eigenvalue weighted by Crippen LogP contribution is -1.85. The van der Waals surface area contributed by atoms with E-state index in [1.807, 2.05) is 42.5 Å². The van der Waals surface area contributed by atoms with Crippen molar-refractivity contribution in [1.82, 2.24) is 0 Å². The maximum absolute atomic E-state index is 9.46. The highest BCUT2D eigenvalue weighted by Gasteiger charge is 2.05. The number of phenols is 2. The van der Waals surface area contributed by atoms with Crippen molar-refractivity contribution < 1.29 is 14.9 Å². The van der Waals surface area contributed by atoms with Gasteiger partial charge in [0.15, 0.2) is 11.5 Å². The lowest BCUT2D eigenvalue weighted by Gasteiger charge is -2.09. The Morgan fingerprint density at radius 2 is 1.53 bits per heavy atom. The molecule has 3 rings (SSSR count). The summed E-state index contributed by atoms with van der Waals surface area (Å²) in [4.78, 5) is 0. The number of fused-ring (bicyclic) bond motifs is 1. The summed E-state index contributed by atoms with van der Waals surface area (Å²) < 4.78 is 5.76. The lowest BCUT2D eigenvalue weighted by molar-refractivity contribution is 0.398. The van der Waals surface area contributed by atoms with Crippen LogP contribution in [0.3, 0.4) is 0 Å². The number of rotatable bonds is 2. The SMILES string of the molecule is Oc1ccc(Oc2cccc3ccccc23)cc1O. The average Bonchev–Trinajstić information content (AvgIpc) is 2.43. The van der Waals surface area contributed by atoms with Crippen molar-refractivity contribution in [2.45, 2.75) is 0 Å². The van der Waals surface area contributed by atoms with Gasteiger partial charge in [-0.2, -0.15) is 0 Å². The second-order valence-electron chi connectivity index (χ2n) is 4.23. The Hall–Kier alpha value is -2.68. The molecule has 0 aliphatic carbocycles. The molecular formula is C16H12O3. The van der Waals surface area contributed by atoms with Gasteiger partial charge in [0.1, 0.15) is 11.5 Å². The molecule has 0 aliphatic heterocycles. The molecule has 19 heavy (non-hydrogen) atoms. The van der Waals surface area contributed by atoms with E-state index in [1.165, 1.54) is 12.1 Å². The normalized spacial score (nSPS) is 10.5. The Labute approximate surface area is 110 Å². The molecule has 0 heterocycles. The van der Waals surface area contributed by atoms with E-state index in [9.17, 15) is 10.2 Å². The van der Waals surface area contributed by atoms with Crippen LogP contribution in [0.15, 0.2) is 60.7 Å². The first-order valence-corrected chi connectivity index (χ1v) is 5.91. The van der Waals surface area contributed by atoms with Crippen molar-refractivity contribution >= 4 is 10.8 Å². The Kier molecular flexibility index (Phi) is 2.72. The number of benzene rings is 3. The van der Waals surface area contributed by atoms with Crippen molar-refractivity contribution in [1.29, 1.82) is 0 Å². The molecule has 2 N–H and O–H groups in total. The standard InChI is InChI=1S/C16H12O3/c17-14-9-8-12(10-15(14)18)19-16-7-3-5-11-4-1-2-6-13(11)16/h1-10,17-18H. The Balaban J connectivity index is 2.03. The molecule has 3 nitrogen and oxygen atoms in total. The Bertz CT molecular complexity index is 730. The van der Waals surface area contributed by atoms with Gasteiger partial charge in [0.05, 0.1) is 0 Å². The first-order valence-electron chi connectivity index (χ1n) is 5.91. The molecule has 0 bridgehead atoms. The molecular weight excluding hydrogens is 240 g/mol. The maximum Gasteiger partial charge on any atom is 0.161 e. The van der Waals surface area contributed by atoms with Crippen LogP contribution in [-0.2, 0) is 0 Å². The fourth-order valence-electron chi connectivity index (χ4n) is 1.98. The van der Waals surface area contributed by atoms with E-state index in [4.69, 9.17) is 4.74 Å². The highest BCUT2D eigenvalue weighted by molar-refractivity contribution is 5.88. The number of ether oxygens (including phenoxy) is 1. The molecule has 94 valence electrons. The molecule has 0 spiro atoms. The van der Waals surface area contributed by atoms with Crippen LogP contribution >= 0.6 is 0 Å². The van der Waals surface area contributed by atoms with E-state index >= 15 is 0 Å². The third kappa shape index (κ3) is 2.18. The minimum absolute atomic E-state index is 0.162. The highest BCUT2D eigenvalue weighted by Crippen LogP contribution is 2.34. The third-order valence-corrected chi connectivity index (χ3v) is 2.92. The van der Waals surface area contributed by atoms with Crippen LogP contribution < -0.4 is 4.74 Å². The largest absolute Gasteiger partial charge is 0.504 e. The minimum Gasteiger partial charge on any atom is -0.504 e. The molecule has 3 aromatic carbocycles. The highest BCUT2D eigenvalue weighted by atomic mass is 16.5. The third-order valence-electron chi connectivity index (χ3n) is 2.92. The van der Waals surface area contributed by atoms with E-state index < -0.39 is 0 Å². The topological polar surface area (TPSA) is 49.7 Å². The van der Waals surface area contributed by atoms with E-state index in [0.717, 1.165) is 10.8 Å². The Morgan fingerprint density at radius 1 is 0.737 bits per heavy atom. The summed E-state index contributed by atoms with van der Waals surface area (Å²) in [6.07, 6.45) is 0. The molecule has 0 fully saturated rings. The zero-order valence-electron chi connectivity index (χ0n) is 10.1. The molecule has 0 saturated carbocycles. The van der Waals surface area contributed by atoms with Gasteiger partial charge in [-0.3, -0.25) is 0 Å². The second kappa shape index (κ2) is 4.53. The first kappa shape index (κ1) is 11.4. The predicted molar refractivity (Wildman–Crippen MR) is 73.8 cm³/mol. The van der Waals surface area contributed by atoms with Crippen molar-refractivity contribution in [2.24, 2.45) is 0 Å². The Morgan fingerprint density at radius 3 is 2.37 bits per heavy atom. The van der Waals surface area contributed by atoms with Crippen LogP contribution in [0.4, 0.5) is 0 Å². The average molecular weight is 252 g/mol.